The zero-order valence-electron chi connectivity index (χ0n) is 76.8. The molecular weight excluding hydrogens is 1450 g/mol. The summed E-state index contributed by atoms with van der Waals surface area (Å²) in [6.07, 6.45) is 0. The molecule has 0 unspecified atom stereocenters. The lowest BCUT2D eigenvalue weighted by atomic mass is 10.0. The molecule has 0 fully saturated rings. The third kappa shape index (κ3) is 30.7. The first-order valence-electron chi connectivity index (χ1n) is 43.7. The van der Waals surface area contributed by atoms with Gasteiger partial charge in [0.1, 0.15) is 0 Å². The van der Waals surface area contributed by atoms with Gasteiger partial charge in [-0.15, -0.1) is 0 Å². The lowest BCUT2D eigenvalue weighted by molar-refractivity contribution is 0.475. The Morgan fingerprint density at radius 1 is 0.220 bits per heavy atom. The number of anilines is 9. The van der Waals surface area contributed by atoms with Crippen LogP contribution < -0.4 is 24.3 Å². The Morgan fingerprint density at radius 2 is 0.458 bits per heavy atom. The molecule has 0 spiro atoms. The summed E-state index contributed by atoms with van der Waals surface area (Å²) in [4.78, 5) is 11.5. The second-order valence-corrected chi connectivity index (χ2v) is 23.7. The molecule has 2 aliphatic heterocycles. The van der Waals surface area contributed by atoms with Crippen LogP contribution in [0.1, 0.15) is 166 Å². The second kappa shape index (κ2) is 64.4. The standard InChI is InChI=1S/C25H21N.C18H13N.C18H15N.C13H11NO.C13H11NS.12C2H6/c1-26(24-16-12-22(13-17-24)20-8-4-2-5-9-20)25-18-14-23(15-19-25)21-10-6-3-7-11-21;1-2-8-14(9-3-1)19-17-12-6-4-10-15(17)16-11-5-7-13-18(16)19;1-4-10-16(11-5-1)19(17-12-6-2-7-13-17)18-14-8-3-9-15-18;2*1-14-10-6-2-4-8-12(10)15-13-9-5-3-7-11(13)14;12*1-2/h2-19H,1H3;1-13H;1-15H;2*2-9H,1H3;12*1-2H3. The van der Waals surface area contributed by atoms with Crippen molar-refractivity contribution in [2.45, 2.75) is 176 Å². The van der Waals surface area contributed by atoms with E-state index in [1.165, 1.54) is 99.3 Å². The van der Waals surface area contributed by atoms with Gasteiger partial charge in [-0.05, 0) is 156 Å². The van der Waals surface area contributed by atoms with E-state index in [0.29, 0.717) is 0 Å². The number of nitrogens with zero attached hydrogens (tertiary/aromatic N) is 5. The predicted octanol–water partition coefficient (Wildman–Crippen LogP) is 36.5. The van der Waals surface area contributed by atoms with Crippen LogP contribution in [0.3, 0.4) is 0 Å². The highest BCUT2D eigenvalue weighted by molar-refractivity contribution is 7.99. The fourth-order valence-electron chi connectivity index (χ4n) is 11.9. The van der Waals surface area contributed by atoms with Crippen LogP contribution in [-0.4, -0.2) is 25.7 Å². The Bertz CT molecular complexity index is 4470. The van der Waals surface area contributed by atoms with Gasteiger partial charge in [0.15, 0.2) is 11.5 Å². The Morgan fingerprint density at radius 3 is 0.780 bits per heavy atom. The van der Waals surface area contributed by atoms with E-state index in [1.807, 2.05) is 245 Å². The maximum absolute atomic E-state index is 5.81. The first-order valence-corrected chi connectivity index (χ1v) is 44.5. The molecule has 17 rings (SSSR count). The van der Waals surface area contributed by atoms with Crippen molar-refractivity contribution in [3.05, 3.63) is 376 Å². The van der Waals surface area contributed by atoms with Crippen LogP contribution in [0.25, 0.3) is 49.7 Å². The van der Waals surface area contributed by atoms with E-state index in [0.717, 1.165) is 22.9 Å². The zero-order chi connectivity index (χ0) is 87.8. The van der Waals surface area contributed by atoms with Crippen molar-refractivity contribution < 1.29 is 4.74 Å². The third-order valence-electron chi connectivity index (χ3n) is 16.7. The van der Waals surface area contributed by atoms with Gasteiger partial charge in [0.05, 0.1) is 33.8 Å². The van der Waals surface area contributed by atoms with Crippen LogP contribution in [0.5, 0.6) is 11.5 Å². The highest BCUT2D eigenvalue weighted by Gasteiger charge is 2.21. The van der Waals surface area contributed by atoms with Gasteiger partial charge in [-0.3, -0.25) is 0 Å². The van der Waals surface area contributed by atoms with E-state index in [4.69, 9.17) is 4.74 Å². The van der Waals surface area contributed by atoms with Crippen LogP contribution in [0.15, 0.2) is 386 Å². The van der Waals surface area contributed by atoms with Gasteiger partial charge < -0.3 is 28.9 Å². The van der Waals surface area contributed by atoms with E-state index >= 15 is 0 Å². The number of hydrogen-bond acceptors (Lipinski definition) is 6. The Labute approximate surface area is 721 Å². The summed E-state index contributed by atoms with van der Waals surface area (Å²) >= 11 is 1.84. The minimum Gasteiger partial charge on any atom is -0.453 e. The van der Waals surface area contributed by atoms with Crippen LogP contribution in [0, 0.1) is 0 Å². The highest BCUT2D eigenvalue weighted by Crippen LogP contribution is 2.48. The molecule has 2 aliphatic rings. The summed E-state index contributed by atoms with van der Waals surface area (Å²) in [6.45, 7) is 48.0. The molecule has 0 amide bonds. The maximum Gasteiger partial charge on any atom is 0.151 e. The lowest BCUT2D eigenvalue weighted by Crippen LogP contribution is -2.15. The normalized spacial score (nSPS) is 9.65. The Hall–Kier alpha value is -11.8. The second-order valence-electron chi connectivity index (χ2n) is 22.6. The van der Waals surface area contributed by atoms with Gasteiger partial charge in [-0.2, -0.15) is 0 Å². The molecule has 0 saturated carbocycles. The summed E-state index contributed by atoms with van der Waals surface area (Å²) in [5, 5.41) is 2.61. The molecule has 3 heterocycles. The Kier molecular flexibility index (Phi) is 56.9. The van der Waals surface area contributed by atoms with E-state index in [1.54, 1.807) is 0 Å². The number of benzene rings is 14. The van der Waals surface area contributed by atoms with Crippen molar-refractivity contribution >= 4 is 84.8 Å². The monoisotopic (exact) mass is 1590 g/mol. The van der Waals surface area contributed by atoms with Gasteiger partial charge in [0.2, 0.25) is 0 Å². The van der Waals surface area contributed by atoms with Crippen molar-refractivity contribution in [3.8, 4) is 39.4 Å². The molecule has 0 radical (unpaired) electrons. The van der Waals surface area contributed by atoms with Gasteiger partial charge in [-0.1, -0.05) is 421 Å². The maximum atomic E-state index is 5.81. The molecular formula is C111H143N5OS. The predicted molar refractivity (Wildman–Crippen MR) is 536 cm³/mol. The van der Waals surface area contributed by atoms with E-state index in [2.05, 4.69) is 355 Å². The van der Waals surface area contributed by atoms with Crippen LogP contribution in [0.4, 0.5) is 51.2 Å². The Balaban J connectivity index is 0.000000698. The fourth-order valence-corrected chi connectivity index (χ4v) is 13.0. The first kappa shape index (κ1) is 104. The quantitative estimate of drug-likeness (QED) is 0.150. The number of ether oxygens (including phenoxy) is 1. The zero-order valence-corrected chi connectivity index (χ0v) is 77.7. The van der Waals surface area contributed by atoms with Crippen LogP contribution in [0.2, 0.25) is 0 Å². The van der Waals surface area contributed by atoms with Crippen molar-refractivity contribution in [3.63, 3.8) is 0 Å². The molecule has 624 valence electrons. The largest absolute Gasteiger partial charge is 0.453 e. The summed E-state index contributed by atoms with van der Waals surface area (Å²) in [7, 11) is 6.28. The smallest absolute Gasteiger partial charge is 0.151 e. The van der Waals surface area contributed by atoms with Gasteiger partial charge in [-0.25, -0.2) is 0 Å². The fraction of sp³-hybridized carbons (Fsp3) is 0.243. The number of fused-ring (bicyclic) bond motifs is 7. The van der Waals surface area contributed by atoms with Crippen molar-refractivity contribution in [1.82, 2.24) is 4.57 Å². The van der Waals surface area contributed by atoms with Crippen molar-refractivity contribution in [2.75, 3.05) is 40.7 Å². The van der Waals surface area contributed by atoms with Crippen molar-refractivity contribution in [1.29, 1.82) is 0 Å². The molecule has 15 aromatic rings. The molecule has 0 aliphatic carbocycles. The van der Waals surface area contributed by atoms with Crippen LogP contribution in [-0.2, 0) is 0 Å². The molecule has 0 saturated heterocycles. The molecule has 14 aromatic carbocycles. The van der Waals surface area contributed by atoms with Gasteiger partial charge in [0, 0.05) is 75.8 Å². The summed E-state index contributed by atoms with van der Waals surface area (Å²) < 4.78 is 8.13. The summed E-state index contributed by atoms with van der Waals surface area (Å²) in [5.74, 6) is 1.83. The average molecular weight is 1600 g/mol. The van der Waals surface area contributed by atoms with E-state index < -0.39 is 0 Å². The number of aromatic nitrogens is 1. The van der Waals surface area contributed by atoms with Gasteiger partial charge in [0.25, 0.3) is 0 Å². The van der Waals surface area contributed by atoms with E-state index in [9.17, 15) is 0 Å². The summed E-state index contributed by atoms with van der Waals surface area (Å²) in [5.41, 5.74) is 19.3. The molecule has 7 heteroatoms. The molecule has 1 aromatic heterocycles. The summed E-state index contributed by atoms with van der Waals surface area (Å²) in [6, 6.07) is 130. The molecule has 118 heavy (non-hydrogen) atoms. The third-order valence-corrected chi connectivity index (χ3v) is 17.8. The minimum atomic E-state index is 0.915. The number of para-hydroxylation sites is 12. The number of rotatable bonds is 8. The first-order chi connectivity index (χ1) is 58.4. The molecule has 0 atom stereocenters. The SMILES string of the molecule is CC.CC.CC.CC.CC.CC.CC.CC.CC.CC.CC.CC.CN(c1ccc(-c2ccccc2)cc1)c1ccc(-c2ccccc2)cc1.CN1c2ccccc2Oc2ccccc21.CN1c2ccccc2Sc2ccccc21.c1ccc(-n2c3ccccc3c3ccccc32)cc1.c1ccc(N(c2ccccc2)c2ccccc2)cc1. The topological polar surface area (TPSA) is 27.1 Å². The molecule has 0 N–H and O–H groups in total. The minimum absolute atomic E-state index is 0.915. The highest BCUT2D eigenvalue weighted by atomic mass is 32.2. The number of hydrogen-bond donors (Lipinski definition) is 0. The van der Waals surface area contributed by atoms with Crippen LogP contribution >= 0.6 is 11.8 Å². The lowest BCUT2D eigenvalue weighted by Gasteiger charge is -2.29. The average Bonchev–Trinajstić information content (AvgIpc) is 1.62. The van der Waals surface area contributed by atoms with E-state index in [-0.39, 0.29) is 0 Å². The van der Waals surface area contributed by atoms with Crippen molar-refractivity contribution in [2.24, 2.45) is 0 Å². The molecule has 6 nitrogen and oxygen atoms in total. The molecule has 0 bridgehead atoms. The van der Waals surface area contributed by atoms with Gasteiger partial charge >= 0.3 is 0 Å².